The van der Waals surface area contributed by atoms with E-state index in [-0.39, 0.29) is 55.2 Å². The van der Waals surface area contributed by atoms with E-state index in [4.69, 9.17) is 14.5 Å². The van der Waals surface area contributed by atoms with E-state index in [0.29, 0.717) is 38.9 Å². The van der Waals surface area contributed by atoms with Crippen LogP contribution in [0.1, 0.15) is 110 Å². The van der Waals surface area contributed by atoms with Crippen LogP contribution in [-0.2, 0) is 52.8 Å². The summed E-state index contributed by atoms with van der Waals surface area (Å²) in [5, 5.41) is 5.74. The normalized spacial score (nSPS) is 22.4. The number of fused-ring (bicyclic) bond motifs is 6. The quantitative estimate of drug-likeness (QED) is 0.123. The highest BCUT2D eigenvalue weighted by Gasteiger charge is 2.44. The van der Waals surface area contributed by atoms with Crippen LogP contribution in [0.5, 0.6) is 0 Å². The number of likely N-dealkylation sites (N-methyl/N-ethyl adjacent to an activating group) is 1. The van der Waals surface area contributed by atoms with Crippen LogP contribution in [0, 0.1) is 35.0 Å². The van der Waals surface area contributed by atoms with Gasteiger partial charge in [0.2, 0.25) is 11.8 Å². The molecule has 6 atom stereocenters. The number of benzene rings is 2. The molecular weight excluding hydrogens is 933 g/mol. The van der Waals surface area contributed by atoms with Crippen molar-refractivity contribution >= 4 is 40.5 Å². The molecule has 2 saturated heterocycles. The van der Waals surface area contributed by atoms with Gasteiger partial charge in [-0.2, -0.15) is 0 Å². The summed E-state index contributed by atoms with van der Waals surface area (Å²) in [5.41, 5.74) is 10.0. The molecule has 5 heterocycles. The minimum Gasteiger partial charge on any atom is -0.464 e. The molecule has 2 aromatic heterocycles. The van der Waals surface area contributed by atoms with Gasteiger partial charge in [0.1, 0.15) is 18.1 Å². The smallest absolute Gasteiger partial charge is 0.324 e. The molecule has 3 fully saturated rings. The summed E-state index contributed by atoms with van der Waals surface area (Å²) in [4.78, 5) is 82.2. The molecule has 74 heavy (non-hydrogen) atoms. The topological polar surface area (TPSA) is 159 Å². The summed E-state index contributed by atoms with van der Waals surface area (Å²) in [6.45, 7) is 16.0. The molecule has 2 N–H and O–H groups in total. The van der Waals surface area contributed by atoms with E-state index in [1.54, 1.807) is 30.2 Å². The summed E-state index contributed by atoms with van der Waals surface area (Å²) in [6, 6.07) is 16.1. The number of nitrogens with one attached hydrogen (secondary N) is 2. The van der Waals surface area contributed by atoms with Gasteiger partial charge in [-0.05, 0) is 138 Å². The molecule has 15 nitrogen and oxygen atoms in total. The fraction of sp³-hybridized carbons (Fsp3) is 0.559. The Labute approximate surface area is 438 Å². The first-order chi connectivity index (χ1) is 35.2. The molecular formula is C59H78N8O7. The van der Waals surface area contributed by atoms with Crippen molar-refractivity contribution in [1.29, 1.82) is 0 Å². The highest BCUT2D eigenvalue weighted by Crippen LogP contribution is 2.42. The lowest BCUT2D eigenvalue weighted by Crippen LogP contribution is -2.62. The van der Waals surface area contributed by atoms with Crippen LogP contribution in [0.3, 0.4) is 0 Å². The summed E-state index contributed by atoms with van der Waals surface area (Å²) < 4.78 is 14.4. The van der Waals surface area contributed by atoms with E-state index in [0.717, 1.165) is 75.8 Å². The third-order valence-electron chi connectivity index (χ3n) is 16.3. The fourth-order valence-corrected chi connectivity index (χ4v) is 11.5. The first kappa shape index (κ1) is 54.2. The number of ether oxygens (including phenoxy) is 2. The second-order valence-electron chi connectivity index (χ2n) is 22.8. The van der Waals surface area contributed by atoms with Crippen molar-refractivity contribution in [2.75, 3.05) is 54.5 Å². The Morgan fingerprint density at radius 3 is 2.46 bits per heavy atom. The van der Waals surface area contributed by atoms with Gasteiger partial charge in [-0.15, -0.1) is 0 Å². The van der Waals surface area contributed by atoms with Crippen LogP contribution in [0.4, 0.5) is 0 Å². The Morgan fingerprint density at radius 2 is 1.74 bits per heavy atom. The highest BCUT2D eigenvalue weighted by molar-refractivity contribution is 5.97. The van der Waals surface area contributed by atoms with Crippen LogP contribution in [-0.4, -0.2) is 137 Å². The van der Waals surface area contributed by atoms with E-state index in [1.807, 2.05) is 64.9 Å². The number of carbonyl (C=O) groups is 5. The minimum absolute atomic E-state index is 0.123. The lowest BCUT2D eigenvalue weighted by atomic mass is 9.84. The summed E-state index contributed by atoms with van der Waals surface area (Å²) >= 11 is 0. The Balaban J connectivity index is 1.15. The van der Waals surface area contributed by atoms with E-state index in [1.165, 1.54) is 5.01 Å². The number of cyclic esters (lactones) is 1. The maximum Gasteiger partial charge on any atom is 0.324 e. The minimum atomic E-state index is -1.05. The molecule has 3 aliphatic heterocycles. The van der Waals surface area contributed by atoms with Crippen molar-refractivity contribution in [1.82, 2.24) is 40.0 Å². The molecule has 4 aromatic rings. The average molecular weight is 1010 g/mol. The van der Waals surface area contributed by atoms with Gasteiger partial charge < -0.3 is 29.2 Å². The first-order valence-corrected chi connectivity index (χ1v) is 26.7. The molecule has 0 spiro atoms. The van der Waals surface area contributed by atoms with Gasteiger partial charge in [-0.3, -0.25) is 38.9 Å². The van der Waals surface area contributed by atoms with Crippen LogP contribution in [0.2, 0.25) is 0 Å². The van der Waals surface area contributed by atoms with Crippen LogP contribution in [0.25, 0.3) is 33.3 Å². The molecule has 1 aliphatic carbocycles. The van der Waals surface area contributed by atoms with Crippen LogP contribution in [0.15, 0.2) is 60.8 Å². The maximum atomic E-state index is 15.1. The number of hydrazine groups is 1. The molecule has 8 rings (SSSR count). The SMILES string of the molecule is CCn1c(-c2cccnc2[C@H](C)OC)c2c3cc(ccc31)-c1cccc(c1)C[C@H](NC(=O)[C@H](C1CCCC1)N(C)C(=O)[C@@H]1CN(C(=O)C#CC(C)(C)N(C)C)C[C@@H]1C)C(=O)N1CCC[C@H](N1)C(=O)OCC(C)(C)C2. The zero-order valence-electron chi connectivity index (χ0n) is 45.5. The maximum absolute atomic E-state index is 15.1. The van der Waals surface area contributed by atoms with Gasteiger partial charge in [0.15, 0.2) is 0 Å². The van der Waals surface area contributed by atoms with Gasteiger partial charge in [0, 0.05) is 74.8 Å². The number of amides is 4. The third kappa shape index (κ3) is 11.4. The van der Waals surface area contributed by atoms with Crippen molar-refractivity contribution in [2.45, 2.75) is 136 Å². The number of aryl methyl sites for hydroxylation is 1. The molecule has 4 aliphatic rings. The predicted molar refractivity (Wildman–Crippen MR) is 287 cm³/mol. The number of hydrogen-bond donors (Lipinski definition) is 2. The van der Waals surface area contributed by atoms with E-state index in [9.17, 15) is 19.2 Å². The Bertz CT molecular complexity index is 2820. The molecule has 396 valence electrons. The van der Waals surface area contributed by atoms with Gasteiger partial charge in [0.25, 0.3) is 11.8 Å². The number of pyridine rings is 1. The second-order valence-corrected chi connectivity index (χ2v) is 22.8. The summed E-state index contributed by atoms with van der Waals surface area (Å²) in [5.74, 6) is 3.33. The molecule has 1 saturated carbocycles. The van der Waals surface area contributed by atoms with E-state index in [2.05, 4.69) is 84.3 Å². The number of aromatic nitrogens is 2. The first-order valence-electron chi connectivity index (χ1n) is 26.7. The van der Waals surface area contributed by atoms with Gasteiger partial charge in [-0.25, -0.2) is 5.43 Å². The molecule has 15 heteroatoms. The van der Waals surface area contributed by atoms with Gasteiger partial charge in [-0.1, -0.05) is 69.9 Å². The summed E-state index contributed by atoms with van der Waals surface area (Å²) in [6.07, 6.45) is 6.69. The standard InChI is InChI=1S/C59H78N8O7/c1-12-66-49-25-24-42-32-44(49)45(53(66)43-22-16-28-60-51(43)38(3)73-11)33-58(4,5)36-74-57(72)47-23-17-29-67(62-47)56(71)48(31-39-18-15-21-41(42)30-39)61-54(69)52(40-19-13-14-20-40)64(10)55(70)46-35-65(34-37(46)2)50(68)26-27-59(6,7)63(8)9/h15-16,18,21-22,24-25,28,30,32,37-38,40,46-48,52,62H,12-14,17,19-20,23,29,31,33-36H2,1-11H3,(H,61,69)/t37-,38-,46+,47-,48-,52-/m0/s1. The van der Waals surface area contributed by atoms with Crippen molar-refractivity contribution < 1.29 is 33.4 Å². The fourth-order valence-electron chi connectivity index (χ4n) is 11.5. The highest BCUT2D eigenvalue weighted by atomic mass is 16.5. The van der Waals surface area contributed by atoms with Crippen molar-refractivity contribution in [3.05, 3.63) is 77.6 Å². The number of methoxy groups -OCH3 is 1. The van der Waals surface area contributed by atoms with E-state index < -0.39 is 46.9 Å². The van der Waals surface area contributed by atoms with Crippen LogP contribution < -0.4 is 10.7 Å². The Hall–Kier alpha value is -6.08. The Kier molecular flexibility index (Phi) is 16.4. The third-order valence-corrected chi connectivity index (χ3v) is 16.3. The number of likely N-dealkylation sites (tertiary alicyclic amines) is 1. The van der Waals surface area contributed by atoms with Crippen molar-refractivity contribution in [2.24, 2.45) is 23.2 Å². The lowest BCUT2D eigenvalue weighted by molar-refractivity contribution is -0.155. The largest absolute Gasteiger partial charge is 0.464 e. The molecule has 4 amide bonds. The van der Waals surface area contributed by atoms with Gasteiger partial charge >= 0.3 is 5.97 Å². The lowest BCUT2D eigenvalue weighted by Gasteiger charge is -2.37. The van der Waals surface area contributed by atoms with Gasteiger partial charge in [0.05, 0.1) is 35.6 Å². The molecule has 0 radical (unpaired) electrons. The molecule has 0 unspecified atom stereocenters. The second kappa shape index (κ2) is 22.4. The zero-order chi connectivity index (χ0) is 53.2. The number of esters is 1. The number of carbonyl (C=O) groups excluding carboxylic acids is 5. The Morgan fingerprint density at radius 1 is 1.00 bits per heavy atom. The van der Waals surface area contributed by atoms with Crippen LogP contribution >= 0.6 is 0 Å². The van der Waals surface area contributed by atoms with E-state index >= 15 is 4.79 Å². The van der Waals surface area contributed by atoms with Crippen molar-refractivity contribution in [3.63, 3.8) is 0 Å². The summed E-state index contributed by atoms with van der Waals surface area (Å²) in [7, 11) is 7.21. The molecule has 2 aromatic carbocycles. The zero-order valence-corrected chi connectivity index (χ0v) is 45.5. The monoisotopic (exact) mass is 1010 g/mol. The number of rotatable bonds is 10. The number of hydrogen-bond acceptors (Lipinski definition) is 10. The molecule has 6 bridgehead atoms. The predicted octanol–water partition coefficient (Wildman–Crippen LogP) is 7.20. The number of nitrogens with zero attached hydrogens (tertiary/aromatic N) is 6. The van der Waals surface area contributed by atoms with Crippen molar-refractivity contribution in [3.8, 4) is 34.2 Å². The average Bonchev–Trinajstić information content (AvgIpc) is 4.14.